The Morgan fingerprint density at radius 2 is 1.93 bits per heavy atom. The molecule has 0 bridgehead atoms. The molecule has 84 valence electrons. The molecule has 0 radical (unpaired) electrons. The summed E-state index contributed by atoms with van der Waals surface area (Å²) in [5.41, 5.74) is -0.311. The third-order valence-corrected chi connectivity index (χ3v) is 1.66. The molecule has 4 heteroatoms. The minimum absolute atomic E-state index is 0.116. The Morgan fingerprint density at radius 1 is 1.43 bits per heavy atom. The van der Waals surface area contributed by atoms with Crippen molar-refractivity contribution in [1.29, 1.82) is 0 Å². The van der Waals surface area contributed by atoms with E-state index in [2.05, 4.69) is 5.32 Å². The van der Waals surface area contributed by atoms with Crippen LogP contribution in [0.4, 0.5) is 4.79 Å². The van der Waals surface area contributed by atoms with E-state index in [4.69, 9.17) is 9.84 Å². The summed E-state index contributed by atoms with van der Waals surface area (Å²) in [4.78, 5) is 11.3. The highest BCUT2D eigenvalue weighted by molar-refractivity contribution is 5.68. The van der Waals surface area contributed by atoms with Crippen LogP contribution in [0.3, 0.4) is 0 Å². The molecule has 0 aliphatic carbocycles. The molecule has 0 unspecified atom stereocenters. The first-order valence-corrected chi connectivity index (χ1v) is 4.86. The van der Waals surface area contributed by atoms with Crippen LogP contribution in [0.5, 0.6) is 0 Å². The predicted molar refractivity (Wildman–Crippen MR) is 55.1 cm³/mol. The van der Waals surface area contributed by atoms with Crippen LogP contribution in [-0.4, -0.2) is 29.4 Å². The van der Waals surface area contributed by atoms with E-state index in [1.54, 1.807) is 0 Å². The summed E-state index contributed by atoms with van der Waals surface area (Å²) in [7, 11) is 0. The lowest BCUT2D eigenvalue weighted by atomic mass is 10.1. The molecular weight excluding hydrogens is 182 g/mol. The number of nitrogens with one attached hydrogen (secondary N) is 1. The van der Waals surface area contributed by atoms with Crippen molar-refractivity contribution in [2.75, 3.05) is 6.61 Å². The van der Waals surface area contributed by atoms with Crippen LogP contribution >= 0.6 is 0 Å². The van der Waals surface area contributed by atoms with Gasteiger partial charge in [-0.05, 0) is 26.7 Å². The second-order valence-corrected chi connectivity index (χ2v) is 4.75. The second kappa shape index (κ2) is 5.20. The minimum Gasteiger partial charge on any atom is -0.444 e. The van der Waals surface area contributed by atoms with Crippen molar-refractivity contribution in [3.05, 3.63) is 0 Å². The van der Waals surface area contributed by atoms with Crippen molar-refractivity contribution in [3.8, 4) is 0 Å². The van der Waals surface area contributed by atoms with Crippen LogP contribution < -0.4 is 5.32 Å². The molecule has 0 aliphatic heterocycles. The van der Waals surface area contributed by atoms with Crippen LogP contribution in [-0.2, 0) is 4.74 Å². The van der Waals surface area contributed by atoms with Gasteiger partial charge in [-0.2, -0.15) is 0 Å². The van der Waals surface area contributed by atoms with Crippen molar-refractivity contribution < 1.29 is 14.6 Å². The summed E-state index contributed by atoms with van der Waals surface area (Å²) < 4.78 is 5.04. The average molecular weight is 203 g/mol. The first-order valence-electron chi connectivity index (χ1n) is 4.86. The molecule has 14 heavy (non-hydrogen) atoms. The van der Waals surface area contributed by atoms with Crippen LogP contribution in [0.1, 0.15) is 34.6 Å². The summed E-state index contributed by atoms with van der Waals surface area (Å²) in [6, 6.07) is 0. The van der Waals surface area contributed by atoms with E-state index < -0.39 is 12.2 Å². The quantitative estimate of drug-likeness (QED) is 0.731. The maximum atomic E-state index is 11.3. The lowest BCUT2D eigenvalue weighted by Gasteiger charge is -2.24. The Hall–Kier alpha value is -0.770. The molecule has 0 saturated carbocycles. The van der Waals surface area contributed by atoms with Gasteiger partial charge >= 0.3 is 6.09 Å². The standard InChI is InChI=1S/C10H21NO3/c1-7(2)8(6-12)14-9(13)11-10(3,4)5/h7-8,12H,6H2,1-5H3,(H,11,13)/t8-/m1/s1. The molecule has 0 rings (SSSR count). The highest BCUT2D eigenvalue weighted by Crippen LogP contribution is 2.07. The maximum absolute atomic E-state index is 11.3. The SMILES string of the molecule is CC(C)[C@@H](CO)OC(=O)NC(C)(C)C. The lowest BCUT2D eigenvalue weighted by Crippen LogP contribution is -2.43. The summed E-state index contributed by atoms with van der Waals surface area (Å²) in [5.74, 6) is 0.116. The second-order valence-electron chi connectivity index (χ2n) is 4.75. The molecule has 0 spiro atoms. The summed E-state index contributed by atoms with van der Waals surface area (Å²) in [6.07, 6.45) is -0.914. The van der Waals surface area contributed by atoms with E-state index >= 15 is 0 Å². The van der Waals surface area contributed by atoms with Gasteiger partial charge in [0.15, 0.2) is 0 Å². The van der Waals surface area contributed by atoms with Crippen LogP contribution in [0.2, 0.25) is 0 Å². The van der Waals surface area contributed by atoms with E-state index in [0.717, 1.165) is 0 Å². The molecule has 1 atom stereocenters. The van der Waals surface area contributed by atoms with Crippen LogP contribution in [0.15, 0.2) is 0 Å². The first kappa shape index (κ1) is 13.2. The molecule has 0 aromatic rings. The van der Waals surface area contributed by atoms with Gasteiger partial charge in [0, 0.05) is 5.54 Å². The number of ether oxygens (including phenoxy) is 1. The number of rotatable bonds is 3. The average Bonchev–Trinajstić information content (AvgIpc) is 1.96. The Kier molecular flexibility index (Phi) is 4.91. The number of hydrogen-bond acceptors (Lipinski definition) is 3. The van der Waals surface area contributed by atoms with Gasteiger partial charge in [0.2, 0.25) is 0 Å². The van der Waals surface area contributed by atoms with Gasteiger partial charge in [0.25, 0.3) is 0 Å². The highest BCUT2D eigenvalue weighted by Gasteiger charge is 2.20. The molecule has 0 saturated heterocycles. The highest BCUT2D eigenvalue weighted by atomic mass is 16.6. The van der Waals surface area contributed by atoms with Crippen molar-refractivity contribution >= 4 is 6.09 Å². The molecule has 0 aromatic carbocycles. The molecule has 0 aromatic heterocycles. The number of carbonyl (C=O) groups excluding carboxylic acids is 1. The van der Waals surface area contributed by atoms with Gasteiger partial charge in [-0.15, -0.1) is 0 Å². The summed E-state index contributed by atoms with van der Waals surface area (Å²) >= 11 is 0. The molecule has 4 nitrogen and oxygen atoms in total. The van der Waals surface area contributed by atoms with Gasteiger partial charge in [-0.1, -0.05) is 13.8 Å². The first-order chi connectivity index (χ1) is 6.26. The van der Waals surface area contributed by atoms with E-state index in [0.29, 0.717) is 0 Å². The number of aliphatic hydroxyl groups is 1. The van der Waals surface area contributed by atoms with Crippen LogP contribution in [0, 0.1) is 5.92 Å². The Balaban J connectivity index is 4.04. The zero-order valence-corrected chi connectivity index (χ0v) is 9.63. The zero-order valence-electron chi connectivity index (χ0n) is 9.63. The minimum atomic E-state index is -0.481. The van der Waals surface area contributed by atoms with Gasteiger partial charge in [-0.3, -0.25) is 0 Å². The van der Waals surface area contributed by atoms with Crippen molar-refractivity contribution in [2.45, 2.75) is 46.3 Å². The van der Waals surface area contributed by atoms with Crippen LogP contribution in [0.25, 0.3) is 0 Å². The third kappa shape index (κ3) is 5.80. The Bertz CT molecular complexity index is 184. The third-order valence-electron chi connectivity index (χ3n) is 1.66. The topological polar surface area (TPSA) is 58.6 Å². The van der Waals surface area contributed by atoms with Crippen molar-refractivity contribution in [3.63, 3.8) is 0 Å². The Labute approximate surface area is 85.6 Å². The maximum Gasteiger partial charge on any atom is 0.407 e. The van der Waals surface area contributed by atoms with Gasteiger partial charge in [0.1, 0.15) is 6.10 Å². The van der Waals surface area contributed by atoms with Crippen molar-refractivity contribution in [2.24, 2.45) is 5.92 Å². The predicted octanol–water partition coefficient (Wildman–Crippen LogP) is 1.53. The molecule has 0 heterocycles. The van der Waals surface area contributed by atoms with E-state index in [1.165, 1.54) is 0 Å². The number of hydrogen-bond donors (Lipinski definition) is 2. The molecule has 0 fully saturated rings. The van der Waals surface area contributed by atoms with Gasteiger partial charge < -0.3 is 15.2 Å². The zero-order chi connectivity index (χ0) is 11.4. The fourth-order valence-corrected chi connectivity index (χ4v) is 0.857. The summed E-state index contributed by atoms with van der Waals surface area (Å²) in [5, 5.41) is 11.6. The number of aliphatic hydroxyl groups excluding tert-OH is 1. The van der Waals surface area contributed by atoms with E-state index in [-0.39, 0.29) is 18.1 Å². The van der Waals surface area contributed by atoms with E-state index in [9.17, 15) is 4.79 Å². The molecule has 2 N–H and O–H groups in total. The fourth-order valence-electron chi connectivity index (χ4n) is 0.857. The van der Waals surface area contributed by atoms with E-state index in [1.807, 2.05) is 34.6 Å². The lowest BCUT2D eigenvalue weighted by molar-refractivity contribution is 0.0281. The molecular formula is C10H21NO3. The summed E-state index contributed by atoms with van der Waals surface area (Å²) in [6.45, 7) is 9.26. The normalized spacial score (nSPS) is 13.9. The monoisotopic (exact) mass is 203 g/mol. The Morgan fingerprint density at radius 3 is 2.21 bits per heavy atom. The largest absolute Gasteiger partial charge is 0.444 e. The smallest absolute Gasteiger partial charge is 0.407 e. The van der Waals surface area contributed by atoms with Crippen molar-refractivity contribution in [1.82, 2.24) is 5.32 Å². The van der Waals surface area contributed by atoms with Gasteiger partial charge in [-0.25, -0.2) is 4.79 Å². The number of amides is 1. The van der Waals surface area contributed by atoms with Gasteiger partial charge in [0.05, 0.1) is 6.61 Å². The fraction of sp³-hybridized carbons (Fsp3) is 0.900. The molecule has 1 amide bonds. The number of carbonyl (C=O) groups is 1. The number of alkyl carbamates (subject to hydrolysis) is 1. The molecule has 0 aliphatic rings.